The van der Waals surface area contributed by atoms with Crippen molar-refractivity contribution in [2.24, 2.45) is 22.7 Å². The molecular weight excluding hydrogens is 288 g/mol. The molecule has 1 N–H and O–H groups in total. The molecule has 2 aliphatic rings. The monoisotopic (exact) mass is 318 g/mol. The van der Waals surface area contributed by atoms with E-state index in [4.69, 9.17) is 5.11 Å². The van der Waals surface area contributed by atoms with Crippen LogP contribution in [0.1, 0.15) is 66.7 Å². The molecule has 0 aromatic carbocycles. The zero-order valence-electron chi connectivity index (χ0n) is 15.1. The smallest absolute Gasteiger partial charge is 0.328 e. The van der Waals surface area contributed by atoms with Gasteiger partial charge in [-0.3, -0.25) is 4.79 Å². The molecule has 128 valence electrons. The molecule has 0 radical (unpaired) electrons. The lowest BCUT2D eigenvalue weighted by atomic mass is 9.47. The number of fused-ring (bicyclic) bond motifs is 1. The lowest BCUT2D eigenvalue weighted by Crippen LogP contribution is -2.50. The maximum Gasteiger partial charge on any atom is 0.328 e. The number of carboxylic acids is 1. The fourth-order valence-electron chi connectivity index (χ4n) is 4.86. The second-order valence-corrected chi connectivity index (χ2v) is 8.24. The van der Waals surface area contributed by atoms with Gasteiger partial charge in [0.1, 0.15) is 0 Å². The van der Waals surface area contributed by atoms with Gasteiger partial charge in [-0.15, -0.1) is 0 Å². The Morgan fingerprint density at radius 3 is 2.70 bits per heavy atom. The molecule has 0 heterocycles. The average molecular weight is 318 g/mol. The number of hydrogen-bond donors (Lipinski definition) is 1. The highest BCUT2D eigenvalue weighted by Gasteiger charge is 2.54. The molecule has 2 aliphatic carbocycles. The molecular formula is C20H30O3. The van der Waals surface area contributed by atoms with E-state index in [1.165, 1.54) is 18.1 Å². The minimum absolute atomic E-state index is 0.0752. The Bertz CT molecular complexity index is 571. The molecule has 3 heteroatoms. The Kier molecular flexibility index (Phi) is 4.89. The summed E-state index contributed by atoms with van der Waals surface area (Å²) in [5.41, 5.74) is 2.33. The molecule has 0 aliphatic heterocycles. The Morgan fingerprint density at radius 1 is 1.43 bits per heavy atom. The van der Waals surface area contributed by atoms with Crippen molar-refractivity contribution in [2.45, 2.75) is 66.7 Å². The Hall–Kier alpha value is -1.38. The summed E-state index contributed by atoms with van der Waals surface area (Å²) < 4.78 is 0. The van der Waals surface area contributed by atoms with Gasteiger partial charge < -0.3 is 5.11 Å². The van der Waals surface area contributed by atoms with Crippen LogP contribution in [0.3, 0.4) is 0 Å². The van der Waals surface area contributed by atoms with Gasteiger partial charge in [-0.2, -0.15) is 0 Å². The normalized spacial score (nSPS) is 38.0. The molecule has 0 saturated heterocycles. The van der Waals surface area contributed by atoms with E-state index in [0.717, 1.165) is 24.8 Å². The number of carbonyl (C=O) groups excluding carboxylic acids is 1. The second kappa shape index (κ2) is 6.26. The van der Waals surface area contributed by atoms with Crippen LogP contribution in [0.5, 0.6) is 0 Å². The molecule has 1 fully saturated rings. The number of hydrogen-bond acceptors (Lipinski definition) is 2. The van der Waals surface area contributed by atoms with E-state index in [1.807, 2.05) is 13.0 Å². The van der Waals surface area contributed by atoms with Crippen molar-refractivity contribution in [2.75, 3.05) is 0 Å². The van der Waals surface area contributed by atoms with Crippen molar-refractivity contribution in [1.29, 1.82) is 0 Å². The summed E-state index contributed by atoms with van der Waals surface area (Å²) >= 11 is 0. The number of ketones is 1. The van der Waals surface area contributed by atoms with E-state index in [2.05, 4.69) is 27.7 Å². The summed E-state index contributed by atoms with van der Waals surface area (Å²) in [5.74, 6) is 0.287. The van der Waals surface area contributed by atoms with Gasteiger partial charge in [0.2, 0.25) is 0 Å². The molecule has 0 aromatic heterocycles. The molecule has 1 saturated carbocycles. The van der Waals surface area contributed by atoms with Crippen molar-refractivity contribution in [3.63, 3.8) is 0 Å². The van der Waals surface area contributed by atoms with Gasteiger partial charge in [-0.25, -0.2) is 4.79 Å². The zero-order valence-corrected chi connectivity index (χ0v) is 15.1. The molecule has 3 nitrogen and oxygen atoms in total. The predicted octanol–water partition coefficient (Wildman–Crippen LogP) is 4.78. The summed E-state index contributed by atoms with van der Waals surface area (Å²) in [6, 6.07) is 0. The van der Waals surface area contributed by atoms with Crippen LogP contribution in [0.15, 0.2) is 23.3 Å². The van der Waals surface area contributed by atoms with Crippen LogP contribution in [0.4, 0.5) is 0 Å². The topological polar surface area (TPSA) is 54.4 Å². The van der Waals surface area contributed by atoms with Gasteiger partial charge >= 0.3 is 5.97 Å². The van der Waals surface area contributed by atoms with Crippen molar-refractivity contribution in [3.8, 4) is 0 Å². The number of aliphatic carboxylic acids is 1. The fraction of sp³-hybridized carbons (Fsp3) is 0.700. The van der Waals surface area contributed by atoms with Crippen molar-refractivity contribution in [3.05, 3.63) is 23.3 Å². The first kappa shape index (κ1) is 18.0. The molecule has 23 heavy (non-hydrogen) atoms. The Labute approximate surface area is 139 Å². The maximum absolute atomic E-state index is 12.2. The number of allylic oxidation sites excluding steroid dienone is 3. The minimum atomic E-state index is -0.874. The van der Waals surface area contributed by atoms with Crippen LogP contribution in [0, 0.1) is 22.7 Å². The van der Waals surface area contributed by atoms with E-state index in [0.29, 0.717) is 18.3 Å². The summed E-state index contributed by atoms with van der Waals surface area (Å²) in [6.07, 6.45) is 7.85. The molecule has 2 rings (SSSR count). The van der Waals surface area contributed by atoms with Crippen LogP contribution in [-0.2, 0) is 9.59 Å². The largest absolute Gasteiger partial charge is 0.478 e. The standard InChI is InChI=1S/C20H30O3/c1-13(10-18(22)23)6-8-19(4)14(2)7-9-20(5)15(3)11-16(21)12-17(19)20/h10-11,14,17H,6-9,12H2,1-5H3,(H,22,23)/b13-10-/t14-,17-,19-,20-/m1/s1. The van der Waals surface area contributed by atoms with Gasteiger partial charge in [0.15, 0.2) is 5.78 Å². The average Bonchev–Trinajstić information content (AvgIpc) is 2.44. The molecule has 4 atom stereocenters. The van der Waals surface area contributed by atoms with Gasteiger partial charge in [0.25, 0.3) is 0 Å². The summed E-state index contributed by atoms with van der Waals surface area (Å²) in [7, 11) is 0. The van der Waals surface area contributed by atoms with Crippen molar-refractivity contribution >= 4 is 11.8 Å². The van der Waals surface area contributed by atoms with E-state index in [-0.39, 0.29) is 16.6 Å². The van der Waals surface area contributed by atoms with E-state index in [1.54, 1.807) is 0 Å². The fourth-order valence-corrected chi connectivity index (χ4v) is 4.86. The van der Waals surface area contributed by atoms with Gasteiger partial charge in [-0.1, -0.05) is 31.9 Å². The minimum Gasteiger partial charge on any atom is -0.478 e. The highest BCUT2D eigenvalue weighted by molar-refractivity contribution is 5.92. The Balaban J connectivity index is 2.29. The number of carboxylic acid groups (broad SMARTS) is 1. The van der Waals surface area contributed by atoms with Gasteiger partial charge in [0.05, 0.1) is 0 Å². The molecule has 0 amide bonds. The molecule has 0 bridgehead atoms. The van der Waals surface area contributed by atoms with Crippen LogP contribution in [0.25, 0.3) is 0 Å². The first-order valence-electron chi connectivity index (χ1n) is 8.71. The van der Waals surface area contributed by atoms with Gasteiger partial charge in [0, 0.05) is 12.5 Å². The number of carbonyl (C=O) groups is 2. The lowest BCUT2D eigenvalue weighted by molar-refractivity contribution is -0.131. The van der Waals surface area contributed by atoms with E-state index in [9.17, 15) is 9.59 Å². The highest BCUT2D eigenvalue weighted by Crippen LogP contribution is 2.61. The predicted molar refractivity (Wildman–Crippen MR) is 92.1 cm³/mol. The van der Waals surface area contributed by atoms with Crippen LogP contribution in [0.2, 0.25) is 0 Å². The zero-order chi connectivity index (χ0) is 17.4. The van der Waals surface area contributed by atoms with Crippen molar-refractivity contribution < 1.29 is 14.7 Å². The first-order valence-corrected chi connectivity index (χ1v) is 8.71. The van der Waals surface area contributed by atoms with Gasteiger partial charge in [-0.05, 0) is 68.3 Å². The molecule has 0 unspecified atom stereocenters. The number of rotatable bonds is 4. The van der Waals surface area contributed by atoms with E-state index < -0.39 is 5.97 Å². The third-order valence-electron chi connectivity index (χ3n) is 6.90. The second-order valence-electron chi connectivity index (χ2n) is 8.24. The third kappa shape index (κ3) is 3.29. The third-order valence-corrected chi connectivity index (χ3v) is 6.90. The first-order chi connectivity index (χ1) is 10.6. The van der Waals surface area contributed by atoms with E-state index >= 15 is 0 Å². The summed E-state index contributed by atoms with van der Waals surface area (Å²) in [4.78, 5) is 23.0. The van der Waals surface area contributed by atoms with Crippen molar-refractivity contribution in [1.82, 2.24) is 0 Å². The molecule has 0 spiro atoms. The Morgan fingerprint density at radius 2 is 2.09 bits per heavy atom. The SMILES string of the molecule is CC1=CC(=O)C[C@@H]2[C@](C)(CC/C(C)=C\C(=O)O)[C@H](C)CC[C@]12C. The molecule has 0 aromatic rings. The van der Waals surface area contributed by atoms with Crippen LogP contribution in [-0.4, -0.2) is 16.9 Å². The lowest BCUT2D eigenvalue weighted by Gasteiger charge is -2.57. The maximum atomic E-state index is 12.2. The summed E-state index contributed by atoms with van der Waals surface area (Å²) in [5, 5.41) is 8.91. The van der Waals surface area contributed by atoms with Crippen LogP contribution >= 0.6 is 0 Å². The quantitative estimate of drug-likeness (QED) is 0.759. The highest BCUT2D eigenvalue weighted by atomic mass is 16.4. The van der Waals surface area contributed by atoms with Crippen LogP contribution < -0.4 is 0 Å². The summed E-state index contributed by atoms with van der Waals surface area (Å²) in [6.45, 7) is 10.9.